The third-order valence-corrected chi connectivity index (χ3v) is 3.34. The van der Waals surface area contributed by atoms with Crippen molar-refractivity contribution in [3.05, 3.63) is 29.3 Å². The summed E-state index contributed by atoms with van der Waals surface area (Å²) in [5.74, 6) is 0.00395. The number of nitrogens with one attached hydrogen (secondary N) is 1. The molecule has 106 valence electrons. The van der Waals surface area contributed by atoms with Crippen molar-refractivity contribution in [2.24, 2.45) is 11.1 Å². The molecular formula is C15H24N2O2. The Morgan fingerprint density at radius 2 is 2.11 bits per heavy atom. The molecule has 4 heteroatoms. The average molecular weight is 264 g/mol. The second-order valence-corrected chi connectivity index (χ2v) is 5.69. The van der Waals surface area contributed by atoms with Crippen molar-refractivity contribution in [2.75, 3.05) is 13.1 Å². The smallest absolute Gasteiger partial charge is 0.251 e. The summed E-state index contributed by atoms with van der Waals surface area (Å²) in [6.07, 6.45) is 1.93. The minimum atomic E-state index is -0.144. The molecule has 0 fully saturated rings. The molecule has 1 rings (SSSR count). The first kappa shape index (κ1) is 15.5. The van der Waals surface area contributed by atoms with Gasteiger partial charge in [-0.05, 0) is 43.9 Å². The van der Waals surface area contributed by atoms with E-state index in [9.17, 15) is 9.90 Å². The van der Waals surface area contributed by atoms with Crippen molar-refractivity contribution in [1.29, 1.82) is 0 Å². The number of phenolic OH excluding ortho intramolecular Hbond substituents is 1. The molecule has 0 bridgehead atoms. The molecule has 0 spiro atoms. The molecule has 0 unspecified atom stereocenters. The summed E-state index contributed by atoms with van der Waals surface area (Å²) in [6.45, 7) is 7.23. The van der Waals surface area contributed by atoms with E-state index in [4.69, 9.17) is 5.73 Å². The van der Waals surface area contributed by atoms with Crippen LogP contribution in [0.25, 0.3) is 0 Å². The molecule has 0 aliphatic carbocycles. The Morgan fingerprint density at radius 3 is 2.74 bits per heavy atom. The number of carbonyl (C=O) groups excluding carboxylic acids is 1. The fourth-order valence-electron chi connectivity index (χ4n) is 1.95. The van der Waals surface area contributed by atoms with E-state index >= 15 is 0 Å². The van der Waals surface area contributed by atoms with Crippen LogP contribution in [0, 0.1) is 12.3 Å². The Morgan fingerprint density at radius 1 is 1.42 bits per heavy atom. The number of hydrogen-bond acceptors (Lipinski definition) is 3. The van der Waals surface area contributed by atoms with Crippen LogP contribution in [0.15, 0.2) is 18.2 Å². The maximum absolute atomic E-state index is 12.1. The van der Waals surface area contributed by atoms with Crippen LogP contribution in [0.5, 0.6) is 5.75 Å². The number of hydrogen-bond donors (Lipinski definition) is 3. The second-order valence-electron chi connectivity index (χ2n) is 5.69. The van der Waals surface area contributed by atoms with Crippen molar-refractivity contribution < 1.29 is 9.90 Å². The summed E-state index contributed by atoms with van der Waals surface area (Å²) in [5.41, 5.74) is 6.67. The molecule has 1 aromatic rings. The monoisotopic (exact) mass is 264 g/mol. The predicted octanol–water partition coefficient (Wildman–Crippen LogP) is 2.20. The molecule has 0 radical (unpaired) electrons. The Kier molecular flexibility index (Phi) is 5.36. The molecule has 1 amide bonds. The fraction of sp³-hybridized carbons (Fsp3) is 0.533. The molecule has 19 heavy (non-hydrogen) atoms. The van der Waals surface area contributed by atoms with Crippen molar-refractivity contribution in [1.82, 2.24) is 5.32 Å². The first-order valence-electron chi connectivity index (χ1n) is 6.64. The molecule has 4 N–H and O–H groups in total. The number of rotatable bonds is 6. The summed E-state index contributed by atoms with van der Waals surface area (Å²) >= 11 is 0. The van der Waals surface area contributed by atoms with E-state index in [1.807, 2.05) is 0 Å². The van der Waals surface area contributed by atoms with Gasteiger partial charge in [0.15, 0.2) is 0 Å². The minimum Gasteiger partial charge on any atom is -0.508 e. The van der Waals surface area contributed by atoms with Gasteiger partial charge in [0.1, 0.15) is 5.75 Å². The van der Waals surface area contributed by atoms with Gasteiger partial charge in [0, 0.05) is 17.7 Å². The highest BCUT2D eigenvalue weighted by atomic mass is 16.3. The Labute approximate surface area is 115 Å². The van der Waals surface area contributed by atoms with Gasteiger partial charge < -0.3 is 16.2 Å². The maximum atomic E-state index is 12.1. The lowest BCUT2D eigenvalue weighted by Crippen LogP contribution is -2.34. The van der Waals surface area contributed by atoms with Gasteiger partial charge in [0.25, 0.3) is 5.91 Å². The Hall–Kier alpha value is -1.55. The Bertz CT molecular complexity index is 442. The molecule has 0 heterocycles. The lowest BCUT2D eigenvalue weighted by atomic mass is 9.87. The standard InChI is InChI=1S/C15H24N2O2/c1-11-12(6-4-7-13(11)18)14(19)17-10-15(2,3)8-5-9-16/h4,6-7,18H,5,8-10,16H2,1-3H3,(H,17,19). The number of nitrogens with two attached hydrogens (primary N) is 1. The van der Waals surface area contributed by atoms with Crippen LogP contribution in [-0.4, -0.2) is 24.1 Å². The molecule has 0 aromatic heterocycles. The highest BCUT2D eigenvalue weighted by molar-refractivity contribution is 5.96. The van der Waals surface area contributed by atoms with Gasteiger partial charge in [-0.2, -0.15) is 0 Å². The van der Waals surface area contributed by atoms with E-state index in [2.05, 4.69) is 19.2 Å². The quantitative estimate of drug-likeness (QED) is 0.737. The third-order valence-electron chi connectivity index (χ3n) is 3.34. The highest BCUT2D eigenvalue weighted by Gasteiger charge is 2.19. The van der Waals surface area contributed by atoms with Gasteiger partial charge in [-0.25, -0.2) is 0 Å². The molecular weight excluding hydrogens is 240 g/mol. The third kappa shape index (κ3) is 4.56. The van der Waals surface area contributed by atoms with E-state index in [1.165, 1.54) is 0 Å². The summed E-state index contributed by atoms with van der Waals surface area (Å²) in [7, 11) is 0. The van der Waals surface area contributed by atoms with Crippen LogP contribution < -0.4 is 11.1 Å². The van der Waals surface area contributed by atoms with Crippen molar-refractivity contribution in [2.45, 2.75) is 33.6 Å². The van der Waals surface area contributed by atoms with Crippen LogP contribution in [0.4, 0.5) is 0 Å². The van der Waals surface area contributed by atoms with Crippen molar-refractivity contribution >= 4 is 5.91 Å². The minimum absolute atomic E-state index is 0.0275. The SMILES string of the molecule is Cc1c(O)cccc1C(=O)NCC(C)(C)CCCN. The Balaban J connectivity index is 2.63. The van der Waals surface area contributed by atoms with E-state index in [1.54, 1.807) is 25.1 Å². The topological polar surface area (TPSA) is 75.3 Å². The van der Waals surface area contributed by atoms with Crippen LogP contribution in [0.3, 0.4) is 0 Å². The van der Waals surface area contributed by atoms with Gasteiger partial charge >= 0.3 is 0 Å². The van der Waals surface area contributed by atoms with Gasteiger partial charge in [0.05, 0.1) is 0 Å². The molecule has 0 aliphatic rings. The van der Waals surface area contributed by atoms with Crippen LogP contribution in [-0.2, 0) is 0 Å². The summed E-state index contributed by atoms with van der Waals surface area (Å²) < 4.78 is 0. The highest BCUT2D eigenvalue weighted by Crippen LogP contribution is 2.22. The van der Waals surface area contributed by atoms with Crippen molar-refractivity contribution in [3.63, 3.8) is 0 Å². The normalized spacial score (nSPS) is 11.4. The van der Waals surface area contributed by atoms with Crippen LogP contribution >= 0.6 is 0 Å². The lowest BCUT2D eigenvalue weighted by Gasteiger charge is -2.25. The molecule has 0 saturated carbocycles. The van der Waals surface area contributed by atoms with E-state index in [0.29, 0.717) is 24.2 Å². The summed E-state index contributed by atoms with van der Waals surface area (Å²) in [4.78, 5) is 12.1. The number of benzene rings is 1. The number of aromatic hydroxyl groups is 1. The van der Waals surface area contributed by atoms with Crippen LogP contribution in [0.1, 0.15) is 42.6 Å². The predicted molar refractivity (Wildman–Crippen MR) is 77.2 cm³/mol. The number of amides is 1. The summed E-state index contributed by atoms with van der Waals surface area (Å²) in [6, 6.07) is 4.98. The van der Waals surface area contributed by atoms with E-state index in [-0.39, 0.29) is 17.1 Å². The molecule has 4 nitrogen and oxygen atoms in total. The molecule has 1 aromatic carbocycles. The zero-order valence-corrected chi connectivity index (χ0v) is 12.0. The zero-order chi connectivity index (χ0) is 14.5. The maximum Gasteiger partial charge on any atom is 0.251 e. The molecule has 0 atom stereocenters. The first-order chi connectivity index (χ1) is 8.87. The number of phenols is 1. The van der Waals surface area contributed by atoms with E-state index in [0.717, 1.165) is 12.8 Å². The first-order valence-corrected chi connectivity index (χ1v) is 6.64. The second kappa shape index (κ2) is 6.57. The number of carbonyl (C=O) groups is 1. The van der Waals surface area contributed by atoms with Crippen molar-refractivity contribution in [3.8, 4) is 5.75 Å². The van der Waals surface area contributed by atoms with Gasteiger partial charge in [0.2, 0.25) is 0 Å². The van der Waals surface area contributed by atoms with Crippen LogP contribution in [0.2, 0.25) is 0 Å². The molecule has 0 aliphatic heterocycles. The van der Waals surface area contributed by atoms with Gasteiger partial charge in [-0.3, -0.25) is 4.79 Å². The average Bonchev–Trinajstić information content (AvgIpc) is 2.37. The fourth-order valence-corrected chi connectivity index (χ4v) is 1.95. The summed E-state index contributed by atoms with van der Waals surface area (Å²) in [5, 5.41) is 12.5. The van der Waals surface area contributed by atoms with Gasteiger partial charge in [-0.1, -0.05) is 19.9 Å². The lowest BCUT2D eigenvalue weighted by molar-refractivity contribution is 0.0933. The molecule has 0 saturated heterocycles. The zero-order valence-electron chi connectivity index (χ0n) is 12.0. The van der Waals surface area contributed by atoms with E-state index < -0.39 is 0 Å². The van der Waals surface area contributed by atoms with Gasteiger partial charge in [-0.15, -0.1) is 0 Å². The largest absolute Gasteiger partial charge is 0.508 e.